The number of nitrogens with zero attached hydrogens (tertiary/aromatic N) is 1. The highest BCUT2D eigenvalue weighted by atomic mass is 16.4. The maximum atomic E-state index is 12.3. The molecule has 1 atom stereocenters. The number of amides is 2. The molecule has 0 aromatic rings. The van der Waals surface area contributed by atoms with Crippen molar-refractivity contribution in [1.29, 1.82) is 0 Å². The Hall–Kier alpha value is -1.26. The van der Waals surface area contributed by atoms with E-state index in [-0.39, 0.29) is 12.1 Å². The van der Waals surface area contributed by atoms with Crippen LogP contribution in [0.1, 0.15) is 58.3 Å². The van der Waals surface area contributed by atoms with Gasteiger partial charge in [0, 0.05) is 12.6 Å². The predicted molar refractivity (Wildman–Crippen MR) is 76.5 cm³/mol. The second-order valence-electron chi connectivity index (χ2n) is 6.12. The zero-order valence-corrected chi connectivity index (χ0v) is 12.3. The van der Waals surface area contributed by atoms with Crippen LogP contribution >= 0.6 is 0 Å². The lowest BCUT2D eigenvalue weighted by Crippen LogP contribution is -2.54. The second kappa shape index (κ2) is 6.95. The molecule has 1 aliphatic heterocycles. The zero-order chi connectivity index (χ0) is 14.5. The Morgan fingerprint density at radius 1 is 1.15 bits per heavy atom. The van der Waals surface area contributed by atoms with Gasteiger partial charge in [0.25, 0.3) is 0 Å². The van der Waals surface area contributed by atoms with Crippen LogP contribution in [0.4, 0.5) is 4.79 Å². The van der Waals surface area contributed by atoms with Gasteiger partial charge in [-0.25, -0.2) is 9.59 Å². The van der Waals surface area contributed by atoms with Gasteiger partial charge in [0.2, 0.25) is 0 Å². The number of aliphatic carboxylic acids is 1. The maximum Gasteiger partial charge on any atom is 0.326 e. The smallest absolute Gasteiger partial charge is 0.326 e. The average Bonchev–Trinajstić information content (AvgIpc) is 2.48. The molecule has 1 unspecified atom stereocenters. The van der Waals surface area contributed by atoms with E-state index < -0.39 is 12.0 Å². The molecule has 2 fully saturated rings. The topological polar surface area (TPSA) is 69.6 Å². The first-order valence-electron chi connectivity index (χ1n) is 7.91. The molecule has 2 N–H and O–H groups in total. The summed E-state index contributed by atoms with van der Waals surface area (Å²) >= 11 is 0. The molecule has 20 heavy (non-hydrogen) atoms. The molecular formula is C15H26N2O3. The molecule has 0 radical (unpaired) electrons. The van der Waals surface area contributed by atoms with E-state index in [9.17, 15) is 14.7 Å². The highest BCUT2D eigenvalue weighted by Gasteiger charge is 2.33. The SMILES string of the molecule is CCC1CCC(NC(=O)N2CCCCC2C(=O)O)CC1. The van der Waals surface area contributed by atoms with E-state index >= 15 is 0 Å². The van der Waals surface area contributed by atoms with E-state index in [2.05, 4.69) is 12.2 Å². The van der Waals surface area contributed by atoms with E-state index in [0.717, 1.165) is 31.6 Å². The number of carboxylic acid groups (broad SMARTS) is 1. The molecule has 1 heterocycles. The van der Waals surface area contributed by atoms with Crippen molar-refractivity contribution in [3.8, 4) is 0 Å². The fourth-order valence-corrected chi connectivity index (χ4v) is 3.40. The third kappa shape index (κ3) is 3.64. The summed E-state index contributed by atoms with van der Waals surface area (Å²) in [5.41, 5.74) is 0. The normalized spacial score (nSPS) is 30.9. The van der Waals surface area contributed by atoms with Crippen molar-refractivity contribution in [3.63, 3.8) is 0 Å². The van der Waals surface area contributed by atoms with Crippen LogP contribution in [-0.4, -0.2) is 40.6 Å². The fraction of sp³-hybridized carbons (Fsp3) is 0.867. The highest BCUT2D eigenvalue weighted by Crippen LogP contribution is 2.27. The minimum atomic E-state index is -0.880. The summed E-state index contributed by atoms with van der Waals surface area (Å²) in [4.78, 5) is 25.0. The molecule has 2 rings (SSSR count). The van der Waals surface area contributed by atoms with Gasteiger partial charge >= 0.3 is 12.0 Å². The van der Waals surface area contributed by atoms with Crippen molar-refractivity contribution in [1.82, 2.24) is 10.2 Å². The summed E-state index contributed by atoms with van der Waals surface area (Å²) in [6.45, 7) is 2.78. The Morgan fingerprint density at radius 2 is 1.85 bits per heavy atom. The number of likely N-dealkylation sites (tertiary alicyclic amines) is 1. The number of rotatable bonds is 3. The summed E-state index contributed by atoms with van der Waals surface area (Å²) in [5, 5.41) is 12.3. The first-order valence-corrected chi connectivity index (χ1v) is 7.91. The molecule has 2 amide bonds. The highest BCUT2D eigenvalue weighted by molar-refractivity contribution is 5.83. The van der Waals surface area contributed by atoms with E-state index in [1.165, 1.54) is 24.2 Å². The van der Waals surface area contributed by atoms with Crippen LogP contribution in [0.3, 0.4) is 0 Å². The Balaban J connectivity index is 1.86. The first-order chi connectivity index (χ1) is 9.61. The van der Waals surface area contributed by atoms with Crippen LogP contribution in [0.2, 0.25) is 0 Å². The predicted octanol–water partition coefficient (Wildman–Crippen LogP) is 2.60. The van der Waals surface area contributed by atoms with Crippen LogP contribution in [0.15, 0.2) is 0 Å². The van der Waals surface area contributed by atoms with Crippen molar-refractivity contribution < 1.29 is 14.7 Å². The molecule has 2 aliphatic rings. The quantitative estimate of drug-likeness (QED) is 0.836. The molecule has 114 valence electrons. The van der Waals surface area contributed by atoms with E-state index in [0.29, 0.717) is 13.0 Å². The lowest BCUT2D eigenvalue weighted by atomic mass is 9.84. The third-order valence-electron chi connectivity index (χ3n) is 4.80. The van der Waals surface area contributed by atoms with Crippen LogP contribution in [-0.2, 0) is 4.79 Å². The van der Waals surface area contributed by atoms with E-state index in [1.807, 2.05) is 0 Å². The summed E-state index contributed by atoms with van der Waals surface area (Å²) < 4.78 is 0. The number of nitrogens with one attached hydrogen (secondary N) is 1. The summed E-state index contributed by atoms with van der Waals surface area (Å²) in [6.07, 6.45) is 7.97. The van der Waals surface area contributed by atoms with Crippen LogP contribution < -0.4 is 5.32 Å². The number of carbonyl (C=O) groups excluding carboxylic acids is 1. The molecule has 0 aromatic heterocycles. The van der Waals surface area contributed by atoms with E-state index in [4.69, 9.17) is 0 Å². The maximum absolute atomic E-state index is 12.3. The van der Waals surface area contributed by atoms with Crippen molar-refractivity contribution >= 4 is 12.0 Å². The van der Waals surface area contributed by atoms with Crippen molar-refractivity contribution in [2.24, 2.45) is 5.92 Å². The second-order valence-corrected chi connectivity index (χ2v) is 6.12. The molecule has 0 aromatic carbocycles. The van der Waals surface area contributed by atoms with Gasteiger partial charge in [-0.1, -0.05) is 13.3 Å². The minimum absolute atomic E-state index is 0.183. The summed E-state index contributed by atoms with van der Waals surface area (Å²) in [6, 6.07) is -0.602. The largest absolute Gasteiger partial charge is 0.480 e. The molecule has 5 heteroatoms. The number of piperidine rings is 1. The number of carboxylic acids is 1. The molecular weight excluding hydrogens is 256 g/mol. The van der Waals surface area contributed by atoms with Gasteiger partial charge in [0.1, 0.15) is 6.04 Å². The summed E-state index contributed by atoms with van der Waals surface area (Å²) in [5.74, 6) is -0.0838. The fourth-order valence-electron chi connectivity index (χ4n) is 3.40. The van der Waals surface area contributed by atoms with Gasteiger partial charge in [-0.15, -0.1) is 0 Å². The van der Waals surface area contributed by atoms with Crippen molar-refractivity contribution in [2.75, 3.05) is 6.54 Å². The monoisotopic (exact) mass is 282 g/mol. The van der Waals surface area contributed by atoms with Crippen molar-refractivity contribution in [2.45, 2.75) is 70.4 Å². The number of carbonyl (C=O) groups is 2. The molecule has 1 saturated heterocycles. The van der Waals surface area contributed by atoms with E-state index in [1.54, 1.807) is 0 Å². The van der Waals surface area contributed by atoms with Gasteiger partial charge in [0.15, 0.2) is 0 Å². The average molecular weight is 282 g/mol. The van der Waals surface area contributed by atoms with Gasteiger partial charge in [-0.05, 0) is 50.9 Å². The van der Waals surface area contributed by atoms with Gasteiger partial charge in [-0.3, -0.25) is 0 Å². The standard InChI is InChI=1S/C15H26N2O3/c1-2-11-6-8-12(9-7-11)16-15(20)17-10-4-3-5-13(17)14(18)19/h11-13H,2-10H2,1H3,(H,16,20)(H,18,19). The zero-order valence-electron chi connectivity index (χ0n) is 12.3. The molecule has 0 bridgehead atoms. The number of hydrogen-bond acceptors (Lipinski definition) is 2. The van der Waals surface area contributed by atoms with Crippen LogP contribution in [0.25, 0.3) is 0 Å². The lowest BCUT2D eigenvalue weighted by molar-refractivity contribution is -0.143. The van der Waals surface area contributed by atoms with Crippen LogP contribution in [0.5, 0.6) is 0 Å². The molecule has 1 aliphatic carbocycles. The molecule has 5 nitrogen and oxygen atoms in total. The lowest BCUT2D eigenvalue weighted by Gasteiger charge is -2.35. The number of hydrogen-bond donors (Lipinski definition) is 2. The Labute approximate surface area is 120 Å². The molecule has 0 spiro atoms. The Kier molecular flexibility index (Phi) is 5.26. The Morgan fingerprint density at radius 3 is 2.45 bits per heavy atom. The van der Waals surface area contributed by atoms with Crippen LogP contribution in [0, 0.1) is 5.92 Å². The first kappa shape index (κ1) is 15.1. The van der Waals surface area contributed by atoms with Gasteiger partial charge in [-0.2, -0.15) is 0 Å². The van der Waals surface area contributed by atoms with Gasteiger partial charge in [0.05, 0.1) is 0 Å². The minimum Gasteiger partial charge on any atom is -0.480 e. The Bertz CT molecular complexity index is 351. The molecule has 1 saturated carbocycles. The summed E-state index contributed by atoms with van der Waals surface area (Å²) in [7, 11) is 0. The van der Waals surface area contributed by atoms with Gasteiger partial charge < -0.3 is 15.3 Å². The third-order valence-corrected chi connectivity index (χ3v) is 4.80. The number of urea groups is 1. The van der Waals surface area contributed by atoms with Crippen molar-refractivity contribution in [3.05, 3.63) is 0 Å².